The molecular weight excluding hydrogens is 368 g/mol. The number of rotatable bonds is 3. The molecule has 5 rings (SSSR count). The molecule has 1 aromatic heterocycles. The third-order valence-corrected chi connectivity index (χ3v) is 5.62. The summed E-state index contributed by atoms with van der Waals surface area (Å²) in [6, 6.07) is 11.3. The number of ketones is 1. The van der Waals surface area contributed by atoms with E-state index in [0.717, 1.165) is 29.6 Å². The van der Waals surface area contributed by atoms with Gasteiger partial charge >= 0.3 is 0 Å². The molecule has 2 aliphatic rings. The maximum atomic E-state index is 13.0. The quantitative estimate of drug-likeness (QED) is 0.695. The van der Waals surface area contributed by atoms with Crippen molar-refractivity contribution in [1.82, 2.24) is 9.47 Å². The van der Waals surface area contributed by atoms with Crippen molar-refractivity contribution in [3.05, 3.63) is 65.0 Å². The molecular formula is C23H22N2O4. The van der Waals surface area contributed by atoms with Gasteiger partial charge in [0, 0.05) is 49.3 Å². The first kappa shape index (κ1) is 18.0. The number of fused-ring (bicyclic) bond motifs is 2. The van der Waals surface area contributed by atoms with Crippen molar-refractivity contribution in [2.75, 3.05) is 26.3 Å². The van der Waals surface area contributed by atoms with Crippen molar-refractivity contribution in [1.29, 1.82) is 0 Å². The number of hydrogen-bond donors (Lipinski definition) is 1. The molecule has 3 aromatic rings. The van der Waals surface area contributed by atoms with Crippen molar-refractivity contribution >= 4 is 22.8 Å². The lowest BCUT2D eigenvalue weighted by molar-refractivity contribution is 0.0336. The SMILES string of the molecule is Cn1cc(/C=C2\Oc3c(ccc(O)c3CN3CCOCC3)C2=O)c2ccccc21. The number of phenolic OH excluding ortho intramolecular Hbond substituents is 1. The van der Waals surface area contributed by atoms with Crippen LogP contribution in [0.3, 0.4) is 0 Å². The summed E-state index contributed by atoms with van der Waals surface area (Å²) in [5.41, 5.74) is 3.17. The molecule has 3 heterocycles. The summed E-state index contributed by atoms with van der Waals surface area (Å²) in [6.07, 6.45) is 3.78. The fourth-order valence-corrected chi connectivity index (χ4v) is 4.06. The molecule has 2 aromatic carbocycles. The second-order valence-corrected chi connectivity index (χ2v) is 7.48. The minimum absolute atomic E-state index is 0.148. The molecule has 148 valence electrons. The number of para-hydroxylation sites is 1. The first-order valence-corrected chi connectivity index (χ1v) is 9.75. The van der Waals surface area contributed by atoms with Crippen molar-refractivity contribution in [2.45, 2.75) is 6.54 Å². The first-order chi connectivity index (χ1) is 14.1. The molecule has 0 aliphatic carbocycles. The number of morpholine rings is 1. The molecule has 6 heteroatoms. The van der Waals surface area contributed by atoms with Crippen molar-refractivity contribution in [2.24, 2.45) is 7.05 Å². The van der Waals surface area contributed by atoms with E-state index in [2.05, 4.69) is 4.90 Å². The van der Waals surface area contributed by atoms with E-state index in [1.165, 1.54) is 0 Å². The number of carbonyl (C=O) groups excluding carboxylic acids is 1. The zero-order valence-electron chi connectivity index (χ0n) is 16.2. The van der Waals surface area contributed by atoms with Gasteiger partial charge in [-0.25, -0.2) is 0 Å². The summed E-state index contributed by atoms with van der Waals surface area (Å²) in [5.74, 6) is 0.740. The standard InChI is InChI=1S/C23H22N2O4/c1-24-13-15(16-4-2-3-5-19(16)24)12-21-22(27)17-6-7-20(26)18(23(17)29-21)14-25-8-10-28-11-9-25/h2-7,12-13,26H,8-11,14H2,1H3/b21-12-. The zero-order chi connectivity index (χ0) is 20.0. The number of phenols is 1. The number of allylic oxidation sites excluding steroid dienone is 1. The van der Waals surface area contributed by atoms with Gasteiger partial charge < -0.3 is 19.1 Å². The third kappa shape index (κ3) is 3.10. The van der Waals surface area contributed by atoms with Crippen LogP contribution in [-0.4, -0.2) is 46.7 Å². The van der Waals surface area contributed by atoms with Crippen molar-refractivity contribution in [3.8, 4) is 11.5 Å². The van der Waals surface area contributed by atoms with E-state index in [0.29, 0.717) is 36.6 Å². The van der Waals surface area contributed by atoms with E-state index in [9.17, 15) is 9.90 Å². The van der Waals surface area contributed by atoms with Gasteiger partial charge in [-0.3, -0.25) is 9.69 Å². The molecule has 0 saturated carbocycles. The van der Waals surface area contributed by atoms with Crippen LogP contribution in [0, 0.1) is 0 Å². The summed E-state index contributed by atoms with van der Waals surface area (Å²) in [5, 5.41) is 11.5. The van der Waals surface area contributed by atoms with E-state index in [1.54, 1.807) is 18.2 Å². The second-order valence-electron chi connectivity index (χ2n) is 7.48. The van der Waals surface area contributed by atoms with Crippen LogP contribution in [0.15, 0.2) is 48.4 Å². The monoisotopic (exact) mass is 390 g/mol. The molecule has 6 nitrogen and oxygen atoms in total. The van der Waals surface area contributed by atoms with Crippen LogP contribution in [0.25, 0.3) is 17.0 Å². The molecule has 1 fully saturated rings. The highest BCUT2D eigenvalue weighted by molar-refractivity contribution is 6.15. The highest BCUT2D eigenvalue weighted by Gasteiger charge is 2.32. The second kappa shape index (κ2) is 7.06. The number of aromatic hydroxyl groups is 1. The van der Waals surface area contributed by atoms with Crippen molar-refractivity contribution < 1.29 is 19.4 Å². The topological polar surface area (TPSA) is 63.9 Å². The average Bonchev–Trinajstić information content (AvgIpc) is 3.23. The Kier molecular flexibility index (Phi) is 4.38. The Morgan fingerprint density at radius 2 is 1.93 bits per heavy atom. The maximum Gasteiger partial charge on any atom is 0.231 e. The molecule has 0 spiro atoms. The highest BCUT2D eigenvalue weighted by Crippen LogP contribution is 2.40. The van der Waals surface area contributed by atoms with Gasteiger partial charge in [0.1, 0.15) is 11.5 Å². The molecule has 0 bridgehead atoms. The van der Waals surface area contributed by atoms with Crippen molar-refractivity contribution in [3.63, 3.8) is 0 Å². The first-order valence-electron chi connectivity index (χ1n) is 9.75. The summed E-state index contributed by atoms with van der Waals surface area (Å²) < 4.78 is 13.4. The lowest BCUT2D eigenvalue weighted by Crippen LogP contribution is -2.35. The van der Waals surface area contributed by atoms with Crippen LogP contribution in [-0.2, 0) is 18.3 Å². The Morgan fingerprint density at radius 3 is 2.76 bits per heavy atom. The number of benzene rings is 2. The Labute approximate surface area is 168 Å². The molecule has 2 aliphatic heterocycles. The minimum atomic E-state index is -0.156. The van der Waals surface area contributed by atoms with Crippen LogP contribution in [0.5, 0.6) is 11.5 Å². The van der Waals surface area contributed by atoms with Gasteiger partial charge in [-0.05, 0) is 24.3 Å². The van der Waals surface area contributed by atoms with Crippen LogP contribution >= 0.6 is 0 Å². The molecule has 0 amide bonds. The van der Waals surface area contributed by atoms with Gasteiger partial charge in [-0.15, -0.1) is 0 Å². The van der Waals surface area contributed by atoms with E-state index in [-0.39, 0.29) is 17.3 Å². The Balaban J connectivity index is 1.52. The van der Waals surface area contributed by atoms with Gasteiger partial charge in [-0.1, -0.05) is 18.2 Å². The fourth-order valence-electron chi connectivity index (χ4n) is 4.06. The summed E-state index contributed by atoms with van der Waals surface area (Å²) >= 11 is 0. The minimum Gasteiger partial charge on any atom is -0.507 e. The van der Waals surface area contributed by atoms with E-state index in [4.69, 9.17) is 9.47 Å². The molecule has 1 saturated heterocycles. The molecule has 29 heavy (non-hydrogen) atoms. The normalized spacial score (nSPS) is 18.4. The average molecular weight is 390 g/mol. The lowest BCUT2D eigenvalue weighted by Gasteiger charge is -2.27. The van der Waals surface area contributed by atoms with Crippen LogP contribution in [0.4, 0.5) is 0 Å². The smallest absolute Gasteiger partial charge is 0.231 e. The summed E-state index contributed by atoms with van der Waals surface area (Å²) in [4.78, 5) is 15.2. The number of nitrogens with zero attached hydrogens (tertiary/aromatic N) is 2. The Hall–Kier alpha value is -3.09. The van der Waals surface area contributed by atoms with Crippen LogP contribution in [0.2, 0.25) is 0 Å². The number of ether oxygens (including phenoxy) is 2. The van der Waals surface area contributed by atoms with Crippen LogP contribution in [0.1, 0.15) is 21.5 Å². The number of Topliss-reactive ketones (excluding diaryl/α,β-unsaturated/α-hetero) is 1. The molecule has 0 atom stereocenters. The van der Waals surface area contributed by atoms with E-state index >= 15 is 0 Å². The van der Waals surface area contributed by atoms with Gasteiger partial charge in [0.2, 0.25) is 5.78 Å². The van der Waals surface area contributed by atoms with Gasteiger partial charge in [-0.2, -0.15) is 0 Å². The number of hydrogen-bond acceptors (Lipinski definition) is 5. The summed E-state index contributed by atoms with van der Waals surface area (Å²) in [6.45, 7) is 3.43. The molecule has 0 radical (unpaired) electrons. The lowest BCUT2D eigenvalue weighted by atomic mass is 10.0. The Bertz CT molecular complexity index is 1140. The predicted molar refractivity (Wildman–Crippen MR) is 110 cm³/mol. The largest absolute Gasteiger partial charge is 0.507 e. The van der Waals surface area contributed by atoms with E-state index < -0.39 is 0 Å². The van der Waals surface area contributed by atoms with E-state index in [1.807, 2.05) is 42.1 Å². The highest BCUT2D eigenvalue weighted by atomic mass is 16.5. The van der Waals surface area contributed by atoms with Crippen LogP contribution < -0.4 is 4.74 Å². The third-order valence-electron chi connectivity index (χ3n) is 5.62. The maximum absolute atomic E-state index is 13.0. The molecule has 0 unspecified atom stereocenters. The fraction of sp³-hybridized carbons (Fsp3) is 0.261. The summed E-state index contributed by atoms with van der Waals surface area (Å²) in [7, 11) is 1.98. The molecule has 1 N–H and O–H groups in total. The Morgan fingerprint density at radius 1 is 1.14 bits per heavy atom. The number of aryl methyl sites for hydroxylation is 1. The number of aromatic nitrogens is 1. The number of carbonyl (C=O) groups is 1. The van der Waals surface area contributed by atoms with Gasteiger partial charge in [0.05, 0.1) is 24.3 Å². The van der Waals surface area contributed by atoms with Gasteiger partial charge in [0.15, 0.2) is 5.76 Å². The predicted octanol–water partition coefficient (Wildman–Crippen LogP) is 3.33. The zero-order valence-corrected chi connectivity index (χ0v) is 16.2. The van der Waals surface area contributed by atoms with Gasteiger partial charge in [0.25, 0.3) is 0 Å².